The van der Waals surface area contributed by atoms with E-state index in [1.54, 1.807) is 6.07 Å². The number of anilines is 1. The molecular formula is C14H21N3O2. The maximum atomic E-state index is 11.2. The van der Waals surface area contributed by atoms with Crippen LogP contribution < -0.4 is 10.6 Å². The Morgan fingerprint density at radius 3 is 2.84 bits per heavy atom. The van der Waals surface area contributed by atoms with Crippen LogP contribution in [0.25, 0.3) is 0 Å². The van der Waals surface area contributed by atoms with Crippen LogP contribution in [0.3, 0.4) is 0 Å². The largest absolute Gasteiger partial charge is 0.478 e. The van der Waals surface area contributed by atoms with Crippen LogP contribution in [0.4, 0.5) is 5.69 Å². The Hall–Kier alpha value is -1.59. The second kappa shape index (κ2) is 6.54. The van der Waals surface area contributed by atoms with Gasteiger partial charge < -0.3 is 15.7 Å². The van der Waals surface area contributed by atoms with Crippen molar-refractivity contribution in [3.05, 3.63) is 29.3 Å². The Morgan fingerprint density at radius 1 is 1.42 bits per heavy atom. The fourth-order valence-corrected chi connectivity index (χ4v) is 2.27. The summed E-state index contributed by atoms with van der Waals surface area (Å²) in [6, 6.07) is 5.48. The number of piperazine rings is 1. The smallest absolute Gasteiger partial charge is 0.337 e. The highest BCUT2D eigenvalue weighted by Gasteiger charge is 2.11. The van der Waals surface area contributed by atoms with Crippen molar-refractivity contribution in [2.24, 2.45) is 0 Å². The first-order valence-electron chi connectivity index (χ1n) is 6.68. The number of benzene rings is 1. The number of aryl methyl sites for hydroxylation is 1. The zero-order valence-electron chi connectivity index (χ0n) is 11.3. The van der Waals surface area contributed by atoms with Gasteiger partial charge in [0.15, 0.2) is 0 Å². The maximum absolute atomic E-state index is 11.2. The van der Waals surface area contributed by atoms with Gasteiger partial charge in [0, 0.05) is 45.0 Å². The topological polar surface area (TPSA) is 64.6 Å². The van der Waals surface area contributed by atoms with Gasteiger partial charge in [-0.1, -0.05) is 11.6 Å². The van der Waals surface area contributed by atoms with E-state index in [1.807, 2.05) is 19.1 Å². The molecule has 3 N–H and O–H groups in total. The van der Waals surface area contributed by atoms with E-state index in [-0.39, 0.29) is 0 Å². The van der Waals surface area contributed by atoms with E-state index < -0.39 is 5.97 Å². The van der Waals surface area contributed by atoms with Crippen LogP contribution in [0, 0.1) is 6.92 Å². The minimum atomic E-state index is -0.881. The lowest BCUT2D eigenvalue weighted by molar-refractivity contribution is 0.0698. The predicted octanol–water partition coefficient (Wildman–Crippen LogP) is 1.01. The maximum Gasteiger partial charge on any atom is 0.337 e. The van der Waals surface area contributed by atoms with Gasteiger partial charge in [0.05, 0.1) is 5.56 Å². The molecule has 1 fully saturated rings. The van der Waals surface area contributed by atoms with Crippen molar-refractivity contribution in [3.63, 3.8) is 0 Å². The third-order valence-corrected chi connectivity index (χ3v) is 3.36. The van der Waals surface area contributed by atoms with Gasteiger partial charge in [-0.05, 0) is 19.1 Å². The summed E-state index contributed by atoms with van der Waals surface area (Å²) in [6.07, 6.45) is 0. The van der Waals surface area contributed by atoms with Gasteiger partial charge in [-0.25, -0.2) is 4.79 Å². The van der Waals surface area contributed by atoms with E-state index in [9.17, 15) is 9.90 Å². The minimum absolute atomic E-state index is 0.348. The summed E-state index contributed by atoms with van der Waals surface area (Å²) in [5, 5.41) is 15.7. The molecule has 1 aromatic rings. The molecule has 0 bridgehead atoms. The molecule has 5 heteroatoms. The van der Waals surface area contributed by atoms with E-state index in [0.29, 0.717) is 11.3 Å². The van der Waals surface area contributed by atoms with Crippen molar-refractivity contribution >= 4 is 11.7 Å². The SMILES string of the molecule is Cc1ccc(NCCN2CCNCC2)c(C(=O)O)c1. The molecule has 0 amide bonds. The Kier molecular flexibility index (Phi) is 4.76. The fraction of sp³-hybridized carbons (Fsp3) is 0.500. The Morgan fingerprint density at radius 2 is 2.16 bits per heavy atom. The van der Waals surface area contributed by atoms with Gasteiger partial charge in [-0.15, -0.1) is 0 Å². The number of nitrogens with zero attached hydrogens (tertiary/aromatic N) is 1. The predicted molar refractivity (Wildman–Crippen MR) is 75.9 cm³/mol. The Balaban J connectivity index is 1.89. The number of carboxylic acid groups (broad SMARTS) is 1. The van der Waals surface area contributed by atoms with Crippen molar-refractivity contribution in [3.8, 4) is 0 Å². The van der Waals surface area contributed by atoms with E-state index in [4.69, 9.17) is 0 Å². The van der Waals surface area contributed by atoms with Crippen molar-refractivity contribution in [1.82, 2.24) is 10.2 Å². The molecule has 0 atom stereocenters. The van der Waals surface area contributed by atoms with E-state index in [1.165, 1.54) is 0 Å². The Bertz CT molecular complexity index is 442. The fourth-order valence-electron chi connectivity index (χ4n) is 2.27. The quantitative estimate of drug-likeness (QED) is 0.740. The highest BCUT2D eigenvalue weighted by atomic mass is 16.4. The summed E-state index contributed by atoms with van der Waals surface area (Å²) in [4.78, 5) is 13.6. The molecule has 19 heavy (non-hydrogen) atoms. The van der Waals surface area contributed by atoms with E-state index >= 15 is 0 Å². The highest BCUT2D eigenvalue weighted by molar-refractivity contribution is 5.94. The minimum Gasteiger partial charge on any atom is -0.478 e. The van der Waals surface area contributed by atoms with Gasteiger partial charge in [0.2, 0.25) is 0 Å². The van der Waals surface area contributed by atoms with Crippen molar-refractivity contribution in [2.75, 3.05) is 44.6 Å². The molecule has 0 aliphatic carbocycles. The standard InChI is InChI=1S/C14H21N3O2/c1-11-2-3-13(12(10-11)14(18)19)16-6-9-17-7-4-15-5-8-17/h2-3,10,15-16H,4-9H2,1H3,(H,18,19). The average Bonchev–Trinajstić information content (AvgIpc) is 2.41. The molecule has 1 heterocycles. The van der Waals surface area contributed by atoms with Gasteiger partial charge in [0.1, 0.15) is 0 Å². The molecule has 1 aliphatic heterocycles. The van der Waals surface area contributed by atoms with E-state index in [2.05, 4.69) is 15.5 Å². The molecule has 104 valence electrons. The first-order chi connectivity index (χ1) is 9.16. The van der Waals surface area contributed by atoms with Crippen LogP contribution in [-0.2, 0) is 0 Å². The number of hydrogen-bond acceptors (Lipinski definition) is 4. The lowest BCUT2D eigenvalue weighted by atomic mass is 10.1. The molecule has 1 aromatic carbocycles. The summed E-state index contributed by atoms with van der Waals surface area (Å²) in [7, 11) is 0. The number of carbonyl (C=O) groups is 1. The number of rotatable bonds is 5. The normalized spacial score (nSPS) is 16.3. The molecule has 0 spiro atoms. The van der Waals surface area contributed by atoms with Crippen LogP contribution >= 0.6 is 0 Å². The summed E-state index contributed by atoms with van der Waals surface area (Å²) < 4.78 is 0. The second-order valence-corrected chi connectivity index (χ2v) is 4.87. The lowest BCUT2D eigenvalue weighted by Crippen LogP contribution is -2.45. The molecular weight excluding hydrogens is 242 g/mol. The van der Waals surface area contributed by atoms with Crippen LogP contribution in [0.5, 0.6) is 0 Å². The summed E-state index contributed by atoms with van der Waals surface area (Å²) in [6.45, 7) is 7.79. The Labute approximate surface area is 113 Å². The monoisotopic (exact) mass is 263 g/mol. The van der Waals surface area contributed by atoms with Crippen molar-refractivity contribution < 1.29 is 9.90 Å². The molecule has 2 rings (SSSR count). The highest BCUT2D eigenvalue weighted by Crippen LogP contribution is 2.17. The molecule has 5 nitrogen and oxygen atoms in total. The first-order valence-corrected chi connectivity index (χ1v) is 6.68. The van der Waals surface area contributed by atoms with Gasteiger partial charge in [0.25, 0.3) is 0 Å². The number of aromatic carboxylic acids is 1. The zero-order valence-corrected chi connectivity index (χ0v) is 11.3. The van der Waals surface area contributed by atoms with Gasteiger partial charge in [-0.2, -0.15) is 0 Å². The molecule has 0 radical (unpaired) electrons. The van der Waals surface area contributed by atoms with Crippen LogP contribution in [-0.4, -0.2) is 55.2 Å². The summed E-state index contributed by atoms with van der Waals surface area (Å²) in [5.74, 6) is -0.881. The van der Waals surface area contributed by atoms with Crippen LogP contribution in [0.15, 0.2) is 18.2 Å². The second-order valence-electron chi connectivity index (χ2n) is 4.87. The van der Waals surface area contributed by atoms with Gasteiger partial charge in [-0.3, -0.25) is 4.90 Å². The molecule has 1 saturated heterocycles. The zero-order chi connectivity index (χ0) is 13.7. The summed E-state index contributed by atoms with van der Waals surface area (Å²) in [5.41, 5.74) is 2.01. The number of hydrogen-bond donors (Lipinski definition) is 3. The van der Waals surface area contributed by atoms with Crippen LogP contribution in [0.1, 0.15) is 15.9 Å². The van der Waals surface area contributed by atoms with Crippen LogP contribution in [0.2, 0.25) is 0 Å². The first kappa shape index (κ1) is 13.8. The number of nitrogens with one attached hydrogen (secondary N) is 2. The summed E-state index contributed by atoms with van der Waals surface area (Å²) >= 11 is 0. The molecule has 0 unspecified atom stereocenters. The van der Waals surface area contributed by atoms with Gasteiger partial charge >= 0.3 is 5.97 Å². The molecule has 0 aromatic heterocycles. The third-order valence-electron chi connectivity index (χ3n) is 3.36. The van der Waals surface area contributed by atoms with Crippen molar-refractivity contribution in [2.45, 2.75) is 6.92 Å². The molecule has 1 aliphatic rings. The lowest BCUT2D eigenvalue weighted by Gasteiger charge is -2.27. The average molecular weight is 263 g/mol. The number of carboxylic acids is 1. The molecule has 0 saturated carbocycles. The van der Waals surface area contributed by atoms with Crippen molar-refractivity contribution in [1.29, 1.82) is 0 Å². The van der Waals surface area contributed by atoms with E-state index in [0.717, 1.165) is 44.8 Å². The third kappa shape index (κ3) is 3.94.